The van der Waals surface area contributed by atoms with Crippen LogP contribution in [0.5, 0.6) is 0 Å². The van der Waals surface area contributed by atoms with Crippen molar-refractivity contribution in [3.05, 3.63) is 24.3 Å². The Morgan fingerprint density at radius 2 is 1.91 bits per heavy atom. The third kappa shape index (κ3) is 4.10. The Morgan fingerprint density at radius 1 is 1.11 bits per heavy atom. The number of esters is 1. The predicted molar refractivity (Wildman–Crippen MR) is 124 cm³/mol. The van der Waals surface area contributed by atoms with Gasteiger partial charge in [-0.25, -0.2) is 0 Å². The zero-order valence-corrected chi connectivity index (χ0v) is 20.2. The number of hydrogen-bond donors (Lipinski definition) is 1. The molecule has 3 saturated heterocycles. The van der Waals surface area contributed by atoms with Crippen molar-refractivity contribution in [2.75, 3.05) is 59.2 Å². The Bertz CT molecular complexity index is 897. The van der Waals surface area contributed by atoms with Crippen LogP contribution >= 0.6 is 0 Å². The van der Waals surface area contributed by atoms with E-state index in [0.29, 0.717) is 45.7 Å². The van der Waals surface area contributed by atoms with Gasteiger partial charge in [0.25, 0.3) is 0 Å². The van der Waals surface area contributed by atoms with Crippen molar-refractivity contribution in [3.63, 3.8) is 0 Å². The zero-order chi connectivity index (χ0) is 24.6. The van der Waals surface area contributed by atoms with Crippen LogP contribution in [0.2, 0.25) is 0 Å². The number of morpholine rings is 1. The van der Waals surface area contributed by atoms with E-state index in [1.807, 2.05) is 31.2 Å². The standard InChI is InChI=1S/C25H35N3O7/c1-2-17(16-29)28-21-23(31)27(10-9-26-11-14-33-15-12-26)8-5-7-25(21)20(22(28)30)19-18(35-25)6-3-4-13-34-24(19)32/h3,5-7,17-21,29H,2,4,8-16H2,1H3/t17-,18+,19-,20-,21?,25-/m0/s1. The van der Waals surface area contributed by atoms with Crippen LogP contribution in [0.15, 0.2) is 24.3 Å². The first-order valence-corrected chi connectivity index (χ1v) is 12.7. The minimum absolute atomic E-state index is 0.211. The number of nitrogens with zero attached hydrogens (tertiary/aromatic N) is 3. The number of likely N-dealkylation sites (tertiary alicyclic amines) is 1. The van der Waals surface area contributed by atoms with E-state index in [1.54, 1.807) is 4.90 Å². The van der Waals surface area contributed by atoms with Crippen LogP contribution < -0.4 is 0 Å². The summed E-state index contributed by atoms with van der Waals surface area (Å²) in [4.78, 5) is 46.6. The third-order valence-electron chi connectivity index (χ3n) is 8.01. The molecule has 0 aliphatic carbocycles. The number of carbonyl (C=O) groups excluding carboxylic acids is 3. The molecule has 0 aromatic heterocycles. The van der Waals surface area contributed by atoms with Crippen LogP contribution in [0.1, 0.15) is 19.8 Å². The summed E-state index contributed by atoms with van der Waals surface area (Å²) >= 11 is 0. The summed E-state index contributed by atoms with van der Waals surface area (Å²) in [6.07, 6.45) is 7.84. The maximum absolute atomic E-state index is 14.1. The number of fused-ring (bicyclic) bond motifs is 2. The molecule has 0 aromatic rings. The maximum Gasteiger partial charge on any atom is 0.312 e. The number of ether oxygens (including phenoxy) is 3. The van der Waals surface area contributed by atoms with Gasteiger partial charge in [-0.2, -0.15) is 0 Å². The number of amides is 2. The lowest BCUT2D eigenvalue weighted by atomic mass is 9.77. The Morgan fingerprint density at radius 3 is 2.66 bits per heavy atom. The Kier molecular flexibility index (Phi) is 6.98. The predicted octanol–water partition coefficient (Wildman–Crippen LogP) is -0.428. The van der Waals surface area contributed by atoms with Gasteiger partial charge in [-0.1, -0.05) is 31.2 Å². The molecular weight excluding hydrogens is 454 g/mol. The van der Waals surface area contributed by atoms with E-state index in [4.69, 9.17) is 14.2 Å². The highest BCUT2D eigenvalue weighted by molar-refractivity contribution is 5.99. The highest BCUT2D eigenvalue weighted by Gasteiger charge is 2.72. The Balaban J connectivity index is 1.50. The molecule has 5 aliphatic heterocycles. The number of rotatable bonds is 6. The van der Waals surface area contributed by atoms with Crippen molar-refractivity contribution < 1.29 is 33.7 Å². The largest absolute Gasteiger partial charge is 0.465 e. The number of aliphatic hydroxyl groups is 1. The Labute approximate surface area is 205 Å². The van der Waals surface area contributed by atoms with Gasteiger partial charge in [-0.3, -0.25) is 19.3 Å². The summed E-state index contributed by atoms with van der Waals surface area (Å²) < 4.78 is 17.4. The van der Waals surface area contributed by atoms with Crippen molar-refractivity contribution in [3.8, 4) is 0 Å². The highest BCUT2D eigenvalue weighted by Crippen LogP contribution is 2.53. The molecule has 5 aliphatic rings. The second-order valence-corrected chi connectivity index (χ2v) is 9.86. The lowest BCUT2D eigenvalue weighted by Gasteiger charge is -2.38. The lowest BCUT2D eigenvalue weighted by molar-refractivity contribution is -0.156. The molecule has 0 bridgehead atoms. The van der Waals surface area contributed by atoms with Gasteiger partial charge in [-0.15, -0.1) is 0 Å². The minimum atomic E-state index is -1.28. The van der Waals surface area contributed by atoms with E-state index in [-0.39, 0.29) is 25.0 Å². The summed E-state index contributed by atoms with van der Waals surface area (Å²) in [6.45, 7) is 6.46. The molecule has 1 spiro atoms. The monoisotopic (exact) mass is 489 g/mol. The second-order valence-electron chi connectivity index (χ2n) is 9.86. The quantitative estimate of drug-likeness (QED) is 0.396. The summed E-state index contributed by atoms with van der Waals surface area (Å²) in [5.74, 6) is -2.73. The second kappa shape index (κ2) is 10.0. The van der Waals surface area contributed by atoms with Gasteiger partial charge in [0, 0.05) is 32.7 Å². The molecule has 5 heterocycles. The molecule has 1 N–H and O–H groups in total. The summed E-state index contributed by atoms with van der Waals surface area (Å²) in [5.41, 5.74) is -1.28. The molecule has 6 atom stereocenters. The smallest absolute Gasteiger partial charge is 0.312 e. The van der Waals surface area contributed by atoms with E-state index in [9.17, 15) is 19.5 Å². The molecule has 1 unspecified atom stereocenters. The van der Waals surface area contributed by atoms with Gasteiger partial charge in [-0.05, 0) is 12.8 Å². The molecular formula is C25H35N3O7. The van der Waals surface area contributed by atoms with Gasteiger partial charge in [0.15, 0.2) is 0 Å². The average Bonchev–Trinajstić information content (AvgIpc) is 3.24. The molecule has 0 radical (unpaired) electrons. The molecule has 35 heavy (non-hydrogen) atoms. The van der Waals surface area contributed by atoms with Crippen LogP contribution in [-0.4, -0.2) is 121 Å². The van der Waals surface area contributed by atoms with E-state index < -0.39 is 41.6 Å². The first-order chi connectivity index (χ1) is 17.0. The van der Waals surface area contributed by atoms with Gasteiger partial charge < -0.3 is 29.1 Å². The summed E-state index contributed by atoms with van der Waals surface area (Å²) in [5, 5.41) is 10.1. The van der Waals surface area contributed by atoms with E-state index in [0.717, 1.165) is 13.1 Å². The van der Waals surface area contributed by atoms with Gasteiger partial charge in [0.1, 0.15) is 17.6 Å². The van der Waals surface area contributed by atoms with E-state index in [2.05, 4.69) is 4.90 Å². The van der Waals surface area contributed by atoms with Crippen LogP contribution in [0.3, 0.4) is 0 Å². The number of carbonyl (C=O) groups is 3. The van der Waals surface area contributed by atoms with Crippen molar-refractivity contribution in [2.45, 2.75) is 43.6 Å². The SMILES string of the molecule is CC[C@@H](CO)N1C(=O)[C@@H]2[C@H]3C(=O)OCCC=C[C@H]3O[C@@]23C=CCN(CCN2CCOCC2)C(=O)C13. The fourth-order valence-electron chi connectivity index (χ4n) is 6.19. The number of hydrogen-bond acceptors (Lipinski definition) is 8. The van der Waals surface area contributed by atoms with Crippen molar-refractivity contribution in [1.29, 1.82) is 0 Å². The molecule has 10 nitrogen and oxygen atoms in total. The number of cyclic esters (lactones) is 1. The molecule has 2 amide bonds. The van der Waals surface area contributed by atoms with Crippen LogP contribution in [0.4, 0.5) is 0 Å². The zero-order valence-electron chi connectivity index (χ0n) is 20.2. The Hall–Kier alpha value is -2.27. The fraction of sp³-hybridized carbons (Fsp3) is 0.720. The first kappa shape index (κ1) is 24.4. The first-order valence-electron chi connectivity index (χ1n) is 12.7. The fourth-order valence-corrected chi connectivity index (χ4v) is 6.19. The van der Waals surface area contributed by atoms with Crippen LogP contribution in [0, 0.1) is 11.8 Å². The van der Waals surface area contributed by atoms with Crippen LogP contribution in [-0.2, 0) is 28.6 Å². The third-order valence-corrected chi connectivity index (χ3v) is 8.01. The minimum Gasteiger partial charge on any atom is -0.465 e. The van der Waals surface area contributed by atoms with Gasteiger partial charge >= 0.3 is 5.97 Å². The molecule has 0 saturated carbocycles. The molecule has 192 valence electrons. The summed E-state index contributed by atoms with van der Waals surface area (Å²) in [7, 11) is 0. The van der Waals surface area contributed by atoms with E-state index >= 15 is 0 Å². The topological polar surface area (TPSA) is 109 Å². The lowest BCUT2D eigenvalue weighted by Crippen LogP contribution is -2.58. The van der Waals surface area contributed by atoms with Crippen molar-refractivity contribution in [2.24, 2.45) is 11.8 Å². The molecule has 3 fully saturated rings. The average molecular weight is 490 g/mol. The number of aliphatic hydroxyl groups excluding tert-OH is 1. The highest BCUT2D eigenvalue weighted by atomic mass is 16.6. The maximum atomic E-state index is 14.1. The molecule has 10 heteroatoms. The normalized spacial score (nSPS) is 36.2. The molecule has 5 rings (SSSR count). The van der Waals surface area contributed by atoms with E-state index in [1.165, 1.54) is 4.90 Å². The summed E-state index contributed by atoms with van der Waals surface area (Å²) in [6, 6.07) is -1.50. The van der Waals surface area contributed by atoms with Gasteiger partial charge in [0.05, 0.1) is 44.5 Å². The molecule has 0 aromatic carbocycles. The van der Waals surface area contributed by atoms with Crippen molar-refractivity contribution >= 4 is 17.8 Å². The van der Waals surface area contributed by atoms with Gasteiger partial charge in [0.2, 0.25) is 11.8 Å². The van der Waals surface area contributed by atoms with Crippen LogP contribution in [0.25, 0.3) is 0 Å². The van der Waals surface area contributed by atoms with Crippen molar-refractivity contribution in [1.82, 2.24) is 14.7 Å².